The molecular weight excluding hydrogens is 941 g/mol. The van der Waals surface area contributed by atoms with Gasteiger partial charge in [-0.1, -0.05) is 115 Å². The average Bonchev–Trinajstić information content (AvgIpc) is 3.43. The SMILES string of the molecule is Bc1c(B)c(-c2c3c(B)c(B)c(B)c(B)c3c(-c3c(B)c(B)c4oc5c(B)c6c(B)c(B)c(B)c(B)c6c(B)c5c4c3B)c3c(B)c(B)c(B)c(B)c23)c(B)c(B)c1-c1c(B)c(B)c2c(c1B)c(B)c(B)c1c(B)c(B)c(B)c(B)c12. The molecule has 0 aliphatic carbocycles. The maximum absolute atomic E-state index is 7.31. The number of hydrogen-bond acceptors (Lipinski definition) is 1. The highest BCUT2D eigenvalue weighted by Gasteiger charge is 2.32. The molecule has 0 atom stereocenters. The Morgan fingerprint density at radius 1 is 0.111 bits per heavy atom. The number of furan rings is 1. The van der Waals surface area contributed by atoms with E-state index in [1.54, 1.807) is 0 Å². The molecule has 0 aliphatic heterocycles. The van der Waals surface area contributed by atoms with E-state index in [0.717, 1.165) is 11.2 Å². The third-order valence-corrected chi connectivity index (χ3v) is 23.4. The summed E-state index contributed by atoms with van der Waals surface area (Å²) in [5.74, 6) is 0. The Morgan fingerprint density at radius 2 is 0.296 bits per heavy atom. The summed E-state index contributed by atoms with van der Waals surface area (Å²) in [5.41, 5.74) is 51.5. The lowest BCUT2D eigenvalue weighted by Crippen LogP contribution is -2.52. The van der Waals surface area contributed by atoms with Gasteiger partial charge in [-0.3, -0.25) is 0 Å². The third kappa shape index (κ3) is 7.30. The number of hydrogen-bond donors (Lipinski definition) is 0. The van der Waals surface area contributed by atoms with Gasteiger partial charge in [0.1, 0.15) is 247 Å². The van der Waals surface area contributed by atoms with Gasteiger partial charge in [-0.2, -0.15) is 0 Å². The highest BCUT2D eigenvalue weighted by Crippen LogP contribution is 2.40. The van der Waals surface area contributed by atoms with E-state index in [1.165, 1.54) is 262 Å². The molecule has 356 valence electrons. The van der Waals surface area contributed by atoms with E-state index >= 15 is 0 Å². The van der Waals surface area contributed by atoms with E-state index in [-0.39, 0.29) is 0 Å². The summed E-state index contributed by atoms with van der Waals surface area (Å²) in [6.45, 7) is 0. The largest absolute Gasteiger partial charge is 0.457 e. The molecule has 0 fully saturated rings. The van der Waals surface area contributed by atoms with Gasteiger partial charge in [0, 0.05) is 10.8 Å². The first-order valence-corrected chi connectivity index (χ1v) is 30.2. The number of fused-ring (bicyclic) bond motifs is 9. The highest BCUT2D eigenvalue weighted by molar-refractivity contribution is 6.79. The predicted octanol–water partition coefficient (Wildman–Crippen LogP) is -37.9. The maximum atomic E-state index is 7.31. The Bertz CT molecular complexity index is 4820. The van der Waals surface area contributed by atoms with E-state index in [1.807, 2.05) is 0 Å². The predicted molar refractivity (Wildman–Crippen MR) is 463 cm³/mol. The van der Waals surface area contributed by atoms with E-state index in [9.17, 15) is 0 Å². The van der Waals surface area contributed by atoms with Gasteiger partial charge in [-0.05, 0) is 92.7 Å². The molecule has 11 rings (SSSR count). The molecule has 0 bridgehead atoms. The Labute approximate surface area is 509 Å². The van der Waals surface area contributed by atoms with Gasteiger partial charge in [0.2, 0.25) is 0 Å². The summed E-state index contributed by atoms with van der Waals surface area (Å²) < 4.78 is 7.31. The molecular formula is C50H60B30O. The van der Waals surface area contributed by atoms with Gasteiger partial charge in [-0.25, -0.2) is 0 Å². The molecule has 0 unspecified atom stereocenters. The quantitative estimate of drug-likeness (QED) is 0.0977. The van der Waals surface area contributed by atoms with Crippen LogP contribution in [0.25, 0.3) is 109 Å². The molecule has 0 saturated heterocycles. The molecule has 10 aromatic carbocycles. The molecule has 0 amide bonds. The van der Waals surface area contributed by atoms with Crippen molar-refractivity contribution in [2.45, 2.75) is 0 Å². The first kappa shape index (κ1) is 58.0. The lowest BCUT2D eigenvalue weighted by Gasteiger charge is -2.32. The monoisotopic (exact) mass is 1010 g/mol. The van der Waals surface area contributed by atoms with Crippen molar-refractivity contribution in [3.63, 3.8) is 0 Å². The zero-order valence-corrected chi connectivity index (χ0v) is 55.4. The van der Waals surface area contributed by atoms with E-state index in [4.69, 9.17) is 4.42 Å². The van der Waals surface area contributed by atoms with Gasteiger partial charge < -0.3 is 4.42 Å². The van der Waals surface area contributed by atoms with Gasteiger partial charge >= 0.3 is 0 Å². The fourth-order valence-electron chi connectivity index (χ4n) is 16.8. The van der Waals surface area contributed by atoms with Crippen molar-refractivity contribution < 1.29 is 4.42 Å². The fourth-order valence-corrected chi connectivity index (χ4v) is 16.8. The van der Waals surface area contributed by atoms with Gasteiger partial charge in [0.25, 0.3) is 0 Å². The lowest BCUT2D eigenvalue weighted by molar-refractivity contribution is 0.675. The Hall–Kier alpha value is -4.75. The first-order chi connectivity index (χ1) is 37.8. The standard InChI is InChI=1S/C50H60B30O/c51-19-11-7(8-12(31(63)30(11)62)35(67)45(77)44(76)27(8)59)22(54)32(64)13(19)15-33(65)28(60)10(29(61)34(15)66)2-5-3(23(55)40(72)42(74)25(5)57)1(4-6(2)26(58)43(75)41(73)24(4)56)9-20(52)18-17-21(53)14-16(37(69)47(79)46(78)36(14)68)39(71)49(17)81-50(18)48(80)38(9)70/h51-80H2. The molecule has 0 N–H and O–H groups in total. The first-order valence-electron chi connectivity index (χ1n) is 30.2. The minimum Gasteiger partial charge on any atom is -0.457 e. The smallest absolute Gasteiger partial charge is 0.145 e. The van der Waals surface area contributed by atoms with Crippen LogP contribution in [0.3, 0.4) is 0 Å². The molecule has 11 aromatic rings. The second kappa shape index (κ2) is 19.4. The lowest BCUT2D eigenvalue weighted by atomic mass is 9.55. The van der Waals surface area contributed by atoms with Crippen LogP contribution < -0.4 is 164 Å². The van der Waals surface area contributed by atoms with Crippen LogP contribution in [-0.4, -0.2) is 235 Å². The second-order valence-corrected chi connectivity index (χ2v) is 26.3. The molecule has 0 saturated carbocycles. The molecule has 31 heteroatoms. The van der Waals surface area contributed by atoms with Gasteiger partial charge in [-0.15, -0.1) is 43.7 Å². The van der Waals surface area contributed by atoms with Gasteiger partial charge in [0.05, 0.1) is 0 Å². The van der Waals surface area contributed by atoms with Crippen LogP contribution in [0.1, 0.15) is 0 Å². The van der Waals surface area contributed by atoms with Crippen molar-refractivity contribution in [3.05, 3.63) is 0 Å². The molecule has 0 spiro atoms. The van der Waals surface area contributed by atoms with Crippen molar-refractivity contribution in [2.75, 3.05) is 0 Å². The number of rotatable bonds is 3. The zero-order chi connectivity index (χ0) is 59.6. The maximum Gasteiger partial charge on any atom is 0.145 e. The van der Waals surface area contributed by atoms with E-state index < -0.39 is 0 Å². The average molecular weight is 1000 g/mol. The topological polar surface area (TPSA) is 13.1 Å². The van der Waals surface area contributed by atoms with Crippen molar-refractivity contribution in [3.8, 4) is 33.4 Å². The molecule has 1 nitrogen and oxygen atoms in total. The molecule has 1 aromatic heterocycles. The van der Waals surface area contributed by atoms with E-state index in [0.29, 0.717) is 0 Å². The van der Waals surface area contributed by atoms with Crippen LogP contribution >= 0.6 is 0 Å². The van der Waals surface area contributed by atoms with Crippen LogP contribution in [0.15, 0.2) is 4.42 Å². The number of benzene rings is 10. The van der Waals surface area contributed by atoms with E-state index in [2.05, 4.69) is 235 Å². The van der Waals surface area contributed by atoms with Crippen molar-refractivity contribution in [1.82, 2.24) is 0 Å². The summed E-state index contributed by atoms with van der Waals surface area (Å²) in [6.07, 6.45) is 0. The highest BCUT2D eigenvalue weighted by atomic mass is 16.3. The van der Waals surface area contributed by atoms with Crippen LogP contribution in [0.5, 0.6) is 0 Å². The van der Waals surface area contributed by atoms with Gasteiger partial charge in [0.15, 0.2) is 0 Å². The van der Waals surface area contributed by atoms with Crippen LogP contribution in [0.4, 0.5) is 0 Å². The summed E-state index contributed by atoms with van der Waals surface area (Å²) in [7, 11) is 71.4. The molecule has 81 heavy (non-hydrogen) atoms. The summed E-state index contributed by atoms with van der Waals surface area (Å²) in [4.78, 5) is 0. The van der Waals surface area contributed by atoms with Crippen molar-refractivity contribution >= 4 is 475 Å². The molecule has 0 aliphatic rings. The van der Waals surface area contributed by atoms with Crippen molar-refractivity contribution in [2.24, 2.45) is 0 Å². The fraction of sp³-hybridized carbons (Fsp3) is 0. The summed E-state index contributed by atoms with van der Waals surface area (Å²) >= 11 is 0. The zero-order valence-electron chi connectivity index (χ0n) is 55.4. The molecule has 1 heterocycles. The van der Waals surface area contributed by atoms with Crippen LogP contribution in [0.2, 0.25) is 0 Å². The Balaban J connectivity index is 1.33. The Kier molecular flexibility index (Phi) is 13.9. The normalized spacial score (nSPS) is 12.0. The summed E-state index contributed by atoms with van der Waals surface area (Å²) in [5, 5.41) is 16.6. The van der Waals surface area contributed by atoms with Crippen LogP contribution in [0, 0.1) is 0 Å². The molecule has 0 radical (unpaired) electrons. The minimum absolute atomic E-state index is 1.03. The third-order valence-electron chi connectivity index (χ3n) is 23.4. The second-order valence-electron chi connectivity index (χ2n) is 26.3. The summed E-state index contributed by atoms with van der Waals surface area (Å²) in [6, 6.07) is 0. The van der Waals surface area contributed by atoms with Crippen LogP contribution in [-0.2, 0) is 0 Å². The van der Waals surface area contributed by atoms with Crippen molar-refractivity contribution in [1.29, 1.82) is 0 Å². The Morgan fingerprint density at radius 3 is 0.667 bits per heavy atom. The minimum atomic E-state index is 1.03.